The van der Waals surface area contributed by atoms with Crippen LogP contribution in [-0.2, 0) is 12.4 Å². The van der Waals surface area contributed by atoms with Crippen molar-refractivity contribution in [2.75, 3.05) is 12.0 Å². The fourth-order valence-electron chi connectivity index (χ4n) is 1.85. The number of imidazole rings is 1. The van der Waals surface area contributed by atoms with E-state index in [1.54, 1.807) is 0 Å². The predicted octanol–water partition coefficient (Wildman–Crippen LogP) is 3.23. The predicted molar refractivity (Wildman–Crippen MR) is 74.8 cm³/mol. The molecule has 0 bridgehead atoms. The zero-order chi connectivity index (χ0) is 12.3. The first-order chi connectivity index (χ1) is 8.26. The lowest BCUT2D eigenvalue weighted by Crippen LogP contribution is -2.04. The first-order valence-electron chi connectivity index (χ1n) is 5.64. The molecule has 0 aliphatic carbocycles. The summed E-state index contributed by atoms with van der Waals surface area (Å²) in [5.41, 5.74) is 2.92. The maximum absolute atomic E-state index is 5.94. The van der Waals surface area contributed by atoms with Crippen molar-refractivity contribution in [1.82, 2.24) is 14.5 Å². The third-order valence-corrected chi connectivity index (χ3v) is 3.60. The van der Waals surface area contributed by atoms with E-state index in [9.17, 15) is 0 Å². The average Bonchev–Trinajstić information content (AvgIpc) is 2.67. The SMILES string of the molecule is CSCCCn1c(CCl)nc2ccc(C)nc21. The van der Waals surface area contributed by atoms with Crippen LogP contribution < -0.4 is 0 Å². The fraction of sp³-hybridized carbons (Fsp3) is 0.500. The summed E-state index contributed by atoms with van der Waals surface area (Å²) in [6.45, 7) is 2.94. The van der Waals surface area contributed by atoms with E-state index in [1.807, 2.05) is 30.8 Å². The van der Waals surface area contributed by atoms with Gasteiger partial charge < -0.3 is 4.57 Å². The topological polar surface area (TPSA) is 30.7 Å². The second kappa shape index (κ2) is 5.74. The zero-order valence-corrected chi connectivity index (χ0v) is 11.7. The second-order valence-corrected chi connectivity index (χ2v) is 5.21. The van der Waals surface area contributed by atoms with Crippen molar-refractivity contribution in [3.63, 3.8) is 0 Å². The molecular formula is C12H16ClN3S. The fourth-order valence-corrected chi connectivity index (χ4v) is 2.47. The van der Waals surface area contributed by atoms with Crippen molar-refractivity contribution in [3.05, 3.63) is 23.7 Å². The Bertz CT molecular complexity index is 510. The summed E-state index contributed by atoms with van der Waals surface area (Å²) < 4.78 is 2.14. The molecule has 3 nitrogen and oxygen atoms in total. The van der Waals surface area contributed by atoms with E-state index >= 15 is 0 Å². The molecule has 2 heterocycles. The second-order valence-electron chi connectivity index (χ2n) is 3.96. The molecule has 0 spiro atoms. The van der Waals surface area contributed by atoms with Gasteiger partial charge in [0, 0.05) is 12.2 Å². The van der Waals surface area contributed by atoms with Gasteiger partial charge in [-0.3, -0.25) is 0 Å². The van der Waals surface area contributed by atoms with Crippen molar-refractivity contribution in [3.8, 4) is 0 Å². The number of thioether (sulfide) groups is 1. The van der Waals surface area contributed by atoms with Crippen LogP contribution in [0.2, 0.25) is 0 Å². The molecule has 0 aliphatic rings. The summed E-state index contributed by atoms with van der Waals surface area (Å²) in [5.74, 6) is 2.50. The lowest BCUT2D eigenvalue weighted by atomic mass is 10.3. The minimum absolute atomic E-state index is 0.439. The third-order valence-electron chi connectivity index (χ3n) is 2.66. The summed E-state index contributed by atoms with van der Waals surface area (Å²) in [6.07, 6.45) is 3.24. The highest BCUT2D eigenvalue weighted by molar-refractivity contribution is 7.98. The number of fused-ring (bicyclic) bond motifs is 1. The average molecular weight is 270 g/mol. The van der Waals surface area contributed by atoms with Crippen LogP contribution in [0.25, 0.3) is 11.2 Å². The van der Waals surface area contributed by atoms with Crippen LogP contribution in [0.5, 0.6) is 0 Å². The zero-order valence-electron chi connectivity index (χ0n) is 10.1. The molecule has 0 amide bonds. The van der Waals surface area contributed by atoms with Gasteiger partial charge in [-0.05, 0) is 37.5 Å². The van der Waals surface area contributed by atoms with Gasteiger partial charge in [0.1, 0.15) is 11.3 Å². The van der Waals surface area contributed by atoms with Gasteiger partial charge in [0.05, 0.1) is 5.88 Å². The Labute approximate surface area is 111 Å². The lowest BCUT2D eigenvalue weighted by molar-refractivity contribution is 0.671. The Morgan fingerprint density at radius 2 is 2.18 bits per heavy atom. The van der Waals surface area contributed by atoms with Crippen molar-refractivity contribution in [1.29, 1.82) is 0 Å². The van der Waals surface area contributed by atoms with Gasteiger partial charge in [0.25, 0.3) is 0 Å². The molecule has 0 fully saturated rings. The normalized spacial score (nSPS) is 11.2. The van der Waals surface area contributed by atoms with Crippen LogP contribution >= 0.6 is 23.4 Å². The first-order valence-corrected chi connectivity index (χ1v) is 7.56. The van der Waals surface area contributed by atoms with Crippen molar-refractivity contribution < 1.29 is 0 Å². The highest BCUT2D eigenvalue weighted by Crippen LogP contribution is 2.17. The summed E-state index contributed by atoms with van der Waals surface area (Å²) in [7, 11) is 0. The maximum Gasteiger partial charge on any atom is 0.160 e. The monoisotopic (exact) mass is 269 g/mol. The van der Waals surface area contributed by atoms with Crippen LogP contribution in [0.4, 0.5) is 0 Å². The minimum Gasteiger partial charge on any atom is -0.312 e. The van der Waals surface area contributed by atoms with E-state index in [2.05, 4.69) is 20.8 Å². The highest BCUT2D eigenvalue weighted by Gasteiger charge is 2.10. The van der Waals surface area contributed by atoms with Gasteiger partial charge in [-0.1, -0.05) is 0 Å². The molecule has 2 rings (SSSR count). The Morgan fingerprint density at radius 1 is 1.35 bits per heavy atom. The number of rotatable bonds is 5. The van der Waals surface area contributed by atoms with E-state index in [4.69, 9.17) is 11.6 Å². The highest BCUT2D eigenvalue weighted by atomic mass is 35.5. The molecule has 92 valence electrons. The third kappa shape index (κ3) is 2.75. The number of hydrogen-bond acceptors (Lipinski definition) is 3. The van der Waals surface area contributed by atoms with E-state index in [0.29, 0.717) is 5.88 Å². The molecule has 0 atom stereocenters. The molecule has 2 aromatic rings. The number of pyridine rings is 1. The molecule has 0 aromatic carbocycles. The lowest BCUT2D eigenvalue weighted by Gasteiger charge is -2.06. The van der Waals surface area contributed by atoms with Crippen LogP contribution in [0, 0.1) is 6.92 Å². The summed E-state index contributed by atoms with van der Waals surface area (Å²) in [5, 5.41) is 0. The molecule has 0 saturated carbocycles. The number of alkyl halides is 1. The first kappa shape index (κ1) is 12.7. The molecule has 0 saturated heterocycles. The van der Waals surface area contributed by atoms with Gasteiger partial charge in [0.15, 0.2) is 5.65 Å². The minimum atomic E-state index is 0.439. The largest absolute Gasteiger partial charge is 0.312 e. The number of hydrogen-bond donors (Lipinski definition) is 0. The van der Waals surface area contributed by atoms with Crippen LogP contribution in [0.3, 0.4) is 0 Å². The van der Waals surface area contributed by atoms with Gasteiger partial charge in [0.2, 0.25) is 0 Å². The maximum atomic E-state index is 5.94. The van der Waals surface area contributed by atoms with Gasteiger partial charge in [-0.15, -0.1) is 11.6 Å². The molecule has 0 N–H and O–H groups in total. The summed E-state index contributed by atoms with van der Waals surface area (Å²) in [6, 6.07) is 4.00. The van der Waals surface area contributed by atoms with Gasteiger partial charge in [-0.2, -0.15) is 11.8 Å². The molecule has 0 unspecified atom stereocenters. The molecular weight excluding hydrogens is 254 g/mol. The standard InChI is InChI=1S/C12H16ClN3S/c1-9-4-5-10-12(14-9)16(6-3-7-17-2)11(8-13)15-10/h4-5H,3,6-8H2,1-2H3. The molecule has 0 radical (unpaired) electrons. The number of aromatic nitrogens is 3. The van der Waals surface area contributed by atoms with E-state index in [-0.39, 0.29) is 0 Å². The van der Waals surface area contributed by atoms with E-state index in [1.165, 1.54) is 0 Å². The van der Waals surface area contributed by atoms with Crippen LogP contribution in [-0.4, -0.2) is 26.5 Å². The number of halogens is 1. The number of aryl methyl sites for hydroxylation is 2. The quantitative estimate of drug-likeness (QED) is 0.617. The van der Waals surface area contributed by atoms with Crippen LogP contribution in [0.1, 0.15) is 17.9 Å². The molecule has 2 aromatic heterocycles. The Kier molecular flexibility index (Phi) is 4.29. The Hall–Kier alpha value is -0.740. The summed E-state index contributed by atoms with van der Waals surface area (Å²) >= 11 is 7.80. The summed E-state index contributed by atoms with van der Waals surface area (Å²) in [4.78, 5) is 9.07. The van der Waals surface area contributed by atoms with Crippen molar-refractivity contribution in [2.45, 2.75) is 25.8 Å². The van der Waals surface area contributed by atoms with Crippen molar-refractivity contribution in [2.24, 2.45) is 0 Å². The van der Waals surface area contributed by atoms with Gasteiger partial charge >= 0.3 is 0 Å². The van der Waals surface area contributed by atoms with Gasteiger partial charge in [-0.25, -0.2) is 9.97 Å². The van der Waals surface area contributed by atoms with Crippen molar-refractivity contribution >= 4 is 34.5 Å². The Balaban J connectivity index is 2.38. The smallest absolute Gasteiger partial charge is 0.160 e. The van der Waals surface area contributed by atoms with E-state index < -0.39 is 0 Å². The molecule has 17 heavy (non-hydrogen) atoms. The van der Waals surface area contributed by atoms with E-state index in [0.717, 1.165) is 41.4 Å². The Morgan fingerprint density at radius 3 is 2.88 bits per heavy atom. The van der Waals surface area contributed by atoms with Crippen LogP contribution in [0.15, 0.2) is 12.1 Å². The molecule has 0 aliphatic heterocycles. The molecule has 5 heteroatoms. The number of nitrogens with zero attached hydrogens (tertiary/aromatic N) is 3.